The molecule has 21 heavy (non-hydrogen) atoms. The minimum Gasteiger partial charge on any atom is -0.496 e. The van der Waals surface area contributed by atoms with Gasteiger partial charge < -0.3 is 9.84 Å². The van der Waals surface area contributed by atoms with Crippen LogP contribution in [-0.2, 0) is 11.8 Å². The summed E-state index contributed by atoms with van der Waals surface area (Å²) in [5.74, 6) is 0.824. The molecule has 0 aliphatic rings. The summed E-state index contributed by atoms with van der Waals surface area (Å²) in [6.45, 7) is 6.50. The van der Waals surface area contributed by atoms with Gasteiger partial charge in [0.05, 0.1) is 13.2 Å². The van der Waals surface area contributed by atoms with Crippen molar-refractivity contribution in [1.29, 1.82) is 0 Å². The second-order valence-corrected chi connectivity index (χ2v) is 6.37. The Labute approximate surface area is 127 Å². The average molecular weight is 284 g/mol. The second kappa shape index (κ2) is 6.31. The van der Waals surface area contributed by atoms with E-state index in [2.05, 4.69) is 26.8 Å². The predicted molar refractivity (Wildman–Crippen MR) is 86.8 cm³/mol. The molecule has 2 nitrogen and oxygen atoms in total. The molecule has 2 aromatic carbocycles. The van der Waals surface area contributed by atoms with Crippen molar-refractivity contribution in [2.24, 2.45) is 0 Å². The number of para-hydroxylation sites is 1. The number of rotatable bonds is 4. The fraction of sp³-hybridized carbons (Fsp3) is 0.368. The zero-order valence-corrected chi connectivity index (χ0v) is 13.3. The van der Waals surface area contributed by atoms with Crippen molar-refractivity contribution in [3.8, 4) is 5.75 Å². The van der Waals surface area contributed by atoms with Crippen molar-refractivity contribution in [2.45, 2.75) is 38.7 Å². The fourth-order valence-corrected chi connectivity index (χ4v) is 2.66. The third-order valence-corrected chi connectivity index (χ3v) is 3.73. The lowest BCUT2D eigenvalue weighted by Crippen LogP contribution is -2.17. The Hall–Kier alpha value is -1.80. The van der Waals surface area contributed by atoms with Crippen molar-refractivity contribution in [3.05, 3.63) is 65.2 Å². The van der Waals surface area contributed by atoms with Crippen LogP contribution >= 0.6 is 0 Å². The molecule has 2 heteroatoms. The maximum Gasteiger partial charge on any atom is 0.122 e. The van der Waals surface area contributed by atoms with Gasteiger partial charge in [-0.15, -0.1) is 0 Å². The van der Waals surface area contributed by atoms with E-state index in [9.17, 15) is 5.11 Å². The first-order valence-electron chi connectivity index (χ1n) is 7.33. The van der Waals surface area contributed by atoms with Crippen LogP contribution in [0.5, 0.6) is 5.75 Å². The zero-order valence-electron chi connectivity index (χ0n) is 13.3. The van der Waals surface area contributed by atoms with Crippen LogP contribution in [-0.4, -0.2) is 12.2 Å². The highest BCUT2D eigenvalue weighted by molar-refractivity contribution is 5.38. The van der Waals surface area contributed by atoms with Gasteiger partial charge in [0, 0.05) is 6.42 Å². The van der Waals surface area contributed by atoms with Crippen LogP contribution in [0.15, 0.2) is 48.5 Å². The summed E-state index contributed by atoms with van der Waals surface area (Å²) in [6.07, 6.45) is 0.0219. The minimum absolute atomic E-state index is 0.0122. The van der Waals surface area contributed by atoms with Crippen LogP contribution in [0.2, 0.25) is 0 Å². The molecule has 0 spiro atoms. The smallest absolute Gasteiger partial charge is 0.122 e. The van der Waals surface area contributed by atoms with Crippen molar-refractivity contribution in [3.63, 3.8) is 0 Å². The maximum absolute atomic E-state index is 10.7. The summed E-state index contributed by atoms with van der Waals surface area (Å²) in [5.41, 5.74) is 3.22. The summed E-state index contributed by atoms with van der Waals surface area (Å²) < 4.78 is 5.37. The van der Waals surface area contributed by atoms with Crippen LogP contribution in [0.3, 0.4) is 0 Å². The van der Waals surface area contributed by atoms with Gasteiger partial charge in [-0.05, 0) is 28.2 Å². The Morgan fingerprint density at radius 2 is 1.62 bits per heavy atom. The number of aliphatic hydroxyl groups is 1. The van der Waals surface area contributed by atoms with E-state index in [1.165, 1.54) is 5.56 Å². The lowest BCUT2D eigenvalue weighted by atomic mass is 9.81. The molecule has 112 valence electrons. The van der Waals surface area contributed by atoms with Crippen LogP contribution in [0.1, 0.15) is 43.6 Å². The number of hydrogen-bond donors (Lipinski definition) is 1. The molecule has 2 rings (SSSR count). The molecule has 0 saturated heterocycles. The first-order valence-corrected chi connectivity index (χ1v) is 7.33. The molecule has 0 saturated carbocycles. The van der Waals surface area contributed by atoms with Gasteiger partial charge in [-0.3, -0.25) is 0 Å². The van der Waals surface area contributed by atoms with Gasteiger partial charge in [-0.25, -0.2) is 0 Å². The highest BCUT2D eigenvalue weighted by atomic mass is 16.5. The molecule has 1 atom stereocenters. The van der Waals surface area contributed by atoms with Gasteiger partial charge in [0.15, 0.2) is 0 Å². The normalized spacial score (nSPS) is 13.0. The molecule has 1 unspecified atom stereocenters. The van der Waals surface area contributed by atoms with E-state index in [-0.39, 0.29) is 5.41 Å². The van der Waals surface area contributed by atoms with E-state index in [0.717, 1.165) is 16.9 Å². The first kappa shape index (κ1) is 15.6. The molecule has 2 aromatic rings. The number of benzene rings is 2. The molecular formula is C19H24O2. The minimum atomic E-state index is -0.531. The molecule has 0 fully saturated rings. The lowest BCUT2D eigenvalue weighted by Gasteiger charge is -2.25. The molecule has 0 aliphatic carbocycles. The Bertz CT molecular complexity index is 597. The standard InChI is InChI=1S/C19H24O2/c1-19(2,3)16-11-7-6-10-15(16)17(20)13-14-9-5-8-12-18(14)21-4/h5-12,17,20H,13H2,1-4H3. The highest BCUT2D eigenvalue weighted by Crippen LogP contribution is 2.32. The van der Waals surface area contributed by atoms with Gasteiger partial charge in [-0.2, -0.15) is 0 Å². The van der Waals surface area contributed by atoms with Gasteiger partial charge in [0.2, 0.25) is 0 Å². The molecule has 0 radical (unpaired) electrons. The second-order valence-electron chi connectivity index (χ2n) is 6.37. The van der Waals surface area contributed by atoms with E-state index >= 15 is 0 Å². The molecular weight excluding hydrogens is 260 g/mol. The average Bonchev–Trinajstić information content (AvgIpc) is 2.47. The van der Waals surface area contributed by atoms with Crippen molar-refractivity contribution >= 4 is 0 Å². The van der Waals surface area contributed by atoms with Crippen molar-refractivity contribution in [2.75, 3.05) is 7.11 Å². The predicted octanol–water partition coefficient (Wildman–Crippen LogP) is 4.27. The highest BCUT2D eigenvalue weighted by Gasteiger charge is 2.22. The summed E-state index contributed by atoms with van der Waals surface area (Å²) in [5, 5.41) is 10.7. The number of ether oxygens (including phenoxy) is 1. The number of methoxy groups -OCH3 is 1. The largest absolute Gasteiger partial charge is 0.496 e. The summed E-state index contributed by atoms with van der Waals surface area (Å²) in [4.78, 5) is 0. The number of aliphatic hydroxyl groups excluding tert-OH is 1. The van der Waals surface area contributed by atoms with Gasteiger partial charge in [-0.1, -0.05) is 63.2 Å². The Morgan fingerprint density at radius 3 is 2.29 bits per heavy atom. The topological polar surface area (TPSA) is 29.5 Å². The van der Waals surface area contributed by atoms with E-state index in [1.807, 2.05) is 42.5 Å². The van der Waals surface area contributed by atoms with E-state index in [1.54, 1.807) is 7.11 Å². The molecule has 0 aromatic heterocycles. The van der Waals surface area contributed by atoms with Crippen LogP contribution in [0, 0.1) is 0 Å². The Morgan fingerprint density at radius 1 is 1.00 bits per heavy atom. The summed E-state index contributed by atoms with van der Waals surface area (Å²) in [6, 6.07) is 16.0. The van der Waals surface area contributed by atoms with Crippen molar-refractivity contribution < 1.29 is 9.84 Å². The van der Waals surface area contributed by atoms with Crippen LogP contribution < -0.4 is 4.74 Å². The van der Waals surface area contributed by atoms with E-state index in [0.29, 0.717) is 6.42 Å². The van der Waals surface area contributed by atoms with Crippen LogP contribution in [0.4, 0.5) is 0 Å². The van der Waals surface area contributed by atoms with Gasteiger partial charge >= 0.3 is 0 Å². The van der Waals surface area contributed by atoms with Gasteiger partial charge in [0.25, 0.3) is 0 Å². The van der Waals surface area contributed by atoms with Crippen molar-refractivity contribution in [1.82, 2.24) is 0 Å². The summed E-state index contributed by atoms with van der Waals surface area (Å²) >= 11 is 0. The maximum atomic E-state index is 10.7. The van der Waals surface area contributed by atoms with E-state index < -0.39 is 6.10 Å². The lowest BCUT2D eigenvalue weighted by molar-refractivity contribution is 0.175. The monoisotopic (exact) mass is 284 g/mol. The first-order chi connectivity index (χ1) is 9.93. The quantitative estimate of drug-likeness (QED) is 0.908. The summed E-state index contributed by atoms with van der Waals surface area (Å²) in [7, 11) is 1.66. The molecule has 0 aliphatic heterocycles. The SMILES string of the molecule is COc1ccccc1CC(O)c1ccccc1C(C)(C)C. The van der Waals surface area contributed by atoms with Crippen LogP contribution in [0.25, 0.3) is 0 Å². The van der Waals surface area contributed by atoms with E-state index in [4.69, 9.17) is 4.74 Å². The molecule has 0 bridgehead atoms. The Balaban J connectivity index is 2.31. The number of hydrogen-bond acceptors (Lipinski definition) is 2. The molecule has 0 heterocycles. The fourth-order valence-electron chi connectivity index (χ4n) is 2.66. The zero-order chi connectivity index (χ0) is 15.5. The molecule has 1 N–H and O–H groups in total. The Kier molecular flexibility index (Phi) is 4.69. The molecule has 0 amide bonds. The third-order valence-electron chi connectivity index (χ3n) is 3.73. The third kappa shape index (κ3) is 3.64. The van der Waals surface area contributed by atoms with Gasteiger partial charge in [0.1, 0.15) is 5.75 Å².